The van der Waals surface area contributed by atoms with Crippen molar-refractivity contribution in [3.8, 4) is 6.01 Å². The van der Waals surface area contributed by atoms with Crippen LogP contribution < -0.4 is 9.64 Å². The van der Waals surface area contributed by atoms with Crippen LogP contribution in [0, 0.1) is 0 Å². The summed E-state index contributed by atoms with van der Waals surface area (Å²) in [5.74, 6) is 0.497. The highest BCUT2D eigenvalue weighted by Crippen LogP contribution is 2.14. The van der Waals surface area contributed by atoms with E-state index in [1.807, 2.05) is 37.1 Å². The molecule has 0 saturated carbocycles. The number of halogens is 1. The van der Waals surface area contributed by atoms with Crippen molar-refractivity contribution in [1.29, 1.82) is 0 Å². The second-order valence-corrected chi connectivity index (χ2v) is 4.87. The predicted molar refractivity (Wildman–Crippen MR) is 81.8 cm³/mol. The summed E-state index contributed by atoms with van der Waals surface area (Å²) in [6.07, 6.45) is 3.46. The van der Waals surface area contributed by atoms with Crippen molar-refractivity contribution in [2.45, 2.75) is 19.8 Å². The minimum absolute atomic E-state index is 0.135. The third kappa shape index (κ3) is 4.82. The van der Waals surface area contributed by atoms with Gasteiger partial charge >= 0.3 is 6.01 Å². The molecule has 112 valence electrons. The van der Waals surface area contributed by atoms with Gasteiger partial charge in [0.1, 0.15) is 0 Å². The van der Waals surface area contributed by atoms with Crippen LogP contribution in [0.25, 0.3) is 0 Å². The van der Waals surface area contributed by atoms with Crippen LogP contribution in [0.2, 0.25) is 5.28 Å². The summed E-state index contributed by atoms with van der Waals surface area (Å²) in [5.41, 5.74) is 1.02. The molecular formula is C14H18ClN5O. The van der Waals surface area contributed by atoms with Gasteiger partial charge in [0, 0.05) is 31.9 Å². The van der Waals surface area contributed by atoms with Gasteiger partial charge in [0.2, 0.25) is 11.2 Å². The minimum Gasteiger partial charge on any atom is -0.463 e. The maximum absolute atomic E-state index is 5.91. The van der Waals surface area contributed by atoms with Gasteiger partial charge in [0.25, 0.3) is 0 Å². The Bertz CT molecular complexity index is 567. The lowest BCUT2D eigenvalue weighted by molar-refractivity contribution is 0.291. The van der Waals surface area contributed by atoms with Crippen LogP contribution in [0.1, 0.15) is 19.0 Å². The van der Waals surface area contributed by atoms with Crippen LogP contribution in [-0.2, 0) is 6.42 Å². The van der Waals surface area contributed by atoms with Crippen LogP contribution in [-0.4, -0.2) is 40.1 Å². The second kappa shape index (κ2) is 7.73. The molecule has 0 atom stereocenters. The Labute approximate surface area is 129 Å². The van der Waals surface area contributed by atoms with E-state index >= 15 is 0 Å². The molecule has 2 heterocycles. The maximum atomic E-state index is 5.91. The number of pyridine rings is 1. The molecule has 0 fully saturated rings. The molecule has 7 heteroatoms. The van der Waals surface area contributed by atoms with Gasteiger partial charge in [-0.05, 0) is 30.2 Å². The number of nitrogens with zero attached hydrogens (tertiary/aromatic N) is 5. The van der Waals surface area contributed by atoms with Crippen molar-refractivity contribution in [3.05, 3.63) is 35.4 Å². The predicted octanol–water partition coefficient (Wildman–Crippen LogP) is 2.39. The normalized spacial score (nSPS) is 10.4. The lowest BCUT2D eigenvalue weighted by atomic mass is 10.2. The Morgan fingerprint density at radius 2 is 2.10 bits per heavy atom. The zero-order valence-electron chi connectivity index (χ0n) is 12.2. The van der Waals surface area contributed by atoms with E-state index < -0.39 is 0 Å². The Morgan fingerprint density at radius 3 is 2.81 bits per heavy atom. The number of anilines is 1. The van der Waals surface area contributed by atoms with Crippen LogP contribution in [0.4, 0.5) is 5.95 Å². The highest BCUT2D eigenvalue weighted by molar-refractivity contribution is 6.28. The number of likely N-dealkylation sites (N-methyl/N-ethyl adjacent to an activating group) is 1. The Kier molecular flexibility index (Phi) is 5.68. The van der Waals surface area contributed by atoms with E-state index in [0.717, 1.165) is 25.1 Å². The third-order valence-electron chi connectivity index (χ3n) is 2.78. The first kappa shape index (κ1) is 15.4. The van der Waals surface area contributed by atoms with E-state index in [1.54, 1.807) is 6.20 Å². The maximum Gasteiger partial charge on any atom is 0.322 e. The molecule has 0 unspecified atom stereocenters. The summed E-state index contributed by atoms with van der Waals surface area (Å²) < 4.78 is 5.40. The lowest BCUT2D eigenvalue weighted by Gasteiger charge is -2.17. The molecule has 0 aliphatic rings. The van der Waals surface area contributed by atoms with Gasteiger partial charge in [-0.25, -0.2) is 0 Å². The van der Waals surface area contributed by atoms with Crippen molar-refractivity contribution in [2.75, 3.05) is 25.1 Å². The van der Waals surface area contributed by atoms with Crippen molar-refractivity contribution in [1.82, 2.24) is 19.9 Å². The standard InChI is InChI=1S/C14H18ClN5O/c1-3-10-21-14-18-12(15)17-13(19-14)20(2)9-7-11-6-4-5-8-16-11/h4-6,8H,3,7,9-10H2,1-2H3. The first-order valence-corrected chi connectivity index (χ1v) is 7.22. The first-order valence-electron chi connectivity index (χ1n) is 6.84. The van der Waals surface area contributed by atoms with E-state index in [9.17, 15) is 0 Å². The average molecular weight is 308 g/mol. The highest BCUT2D eigenvalue weighted by atomic mass is 35.5. The molecule has 2 rings (SSSR count). The monoisotopic (exact) mass is 307 g/mol. The Hall–Kier alpha value is -1.95. The molecule has 0 aliphatic heterocycles. The SMILES string of the molecule is CCCOc1nc(Cl)nc(N(C)CCc2ccccn2)n1. The largest absolute Gasteiger partial charge is 0.463 e. The number of hydrogen-bond acceptors (Lipinski definition) is 6. The van der Waals surface area contributed by atoms with E-state index in [1.165, 1.54) is 0 Å². The van der Waals surface area contributed by atoms with Gasteiger partial charge in [0.15, 0.2) is 0 Å². The molecule has 0 amide bonds. The number of rotatable bonds is 7. The van der Waals surface area contributed by atoms with Gasteiger partial charge in [0.05, 0.1) is 6.61 Å². The van der Waals surface area contributed by atoms with Gasteiger partial charge in [-0.2, -0.15) is 15.0 Å². The molecule has 0 N–H and O–H groups in total. The van der Waals surface area contributed by atoms with Crippen LogP contribution >= 0.6 is 11.6 Å². The number of hydrogen-bond donors (Lipinski definition) is 0. The van der Waals surface area contributed by atoms with Crippen LogP contribution in [0.15, 0.2) is 24.4 Å². The van der Waals surface area contributed by atoms with Gasteiger partial charge in [-0.15, -0.1) is 0 Å². The first-order chi connectivity index (χ1) is 10.2. The van der Waals surface area contributed by atoms with Gasteiger partial charge in [-0.3, -0.25) is 4.98 Å². The average Bonchev–Trinajstić information content (AvgIpc) is 2.51. The van der Waals surface area contributed by atoms with E-state index in [4.69, 9.17) is 16.3 Å². The quantitative estimate of drug-likeness (QED) is 0.782. The van der Waals surface area contributed by atoms with Gasteiger partial charge in [-0.1, -0.05) is 13.0 Å². The lowest BCUT2D eigenvalue weighted by Crippen LogP contribution is -2.23. The number of aromatic nitrogens is 4. The zero-order valence-corrected chi connectivity index (χ0v) is 12.9. The summed E-state index contributed by atoms with van der Waals surface area (Å²) in [4.78, 5) is 18.5. The summed E-state index contributed by atoms with van der Waals surface area (Å²) >= 11 is 5.91. The minimum atomic E-state index is 0.135. The molecule has 0 aromatic carbocycles. The van der Waals surface area contributed by atoms with Crippen molar-refractivity contribution in [2.24, 2.45) is 0 Å². The molecule has 6 nitrogen and oxygen atoms in total. The van der Waals surface area contributed by atoms with Crippen molar-refractivity contribution < 1.29 is 4.74 Å². The van der Waals surface area contributed by atoms with E-state index in [0.29, 0.717) is 12.6 Å². The molecule has 2 aromatic heterocycles. The van der Waals surface area contributed by atoms with Crippen molar-refractivity contribution >= 4 is 17.5 Å². The third-order valence-corrected chi connectivity index (χ3v) is 2.95. The Morgan fingerprint density at radius 1 is 1.24 bits per heavy atom. The molecule has 0 aliphatic carbocycles. The van der Waals surface area contributed by atoms with Crippen LogP contribution in [0.3, 0.4) is 0 Å². The summed E-state index contributed by atoms with van der Waals surface area (Å²) in [6.45, 7) is 3.30. The molecule has 0 radical (unpaired) electrons. The van der Waals surface area contributed by atoms with E-state index in [-0.39, 0.29) is 11.3 Å². The molecular weight excluding hydrogens is 290 g/mol. The van der Waals surface area contributed by atoms with E-state index in [2.05, 4.69) is 19.9 Å². The fourth-order valence-corrected chi connectivity index (χ4v) is 1.83. The smallest absolute Gasteiger partial charge is 0.322 e. The second-order valence-electron chi connectivity index (χ2n) is 4.53. The molecule has 0 saturated heterocycles. The summed E-state index contributed by atoms with van der Waals surface area (Å²) in [5, 5.41) is 0.135. The highest BCUT2D eigenvalue weighted by Gasteiger charge is 2.10. The summed E-state index contributed by atoms with van der Waals surface area (Å²) in [6, 6.07) is 6.12. The molecule has 21 heavy (non-hydrogen) atoms. The summed E-state index contributed by atoms with van der Waals surface area (Å²) in [7, 11) is 1.90. The van der Waals surface area contributed by atoms with Gasteiger partial charge < -0.3 is 9.64 Å². The molecule has 0 bridgehead atoms. The Balaban J connectivity index is 2.01. The fraction of sp³-hybridized carbons (Fsp3) is 0.429. The fourth-order valence-electron chi connectivity index (χ4n) is 1.68. The number of ether oxygens (including phenoxy) is 1. The molecule has 2 aromatic rings. The van der Waals surface area contributed by atoms with Crippen molar-refractivity contribution in [3.63, 3.8) is 0 Å². The zero-order chi connectivity index (χ0) is 15.1. The topological polar surface area (TPSA) is 64.0 Å². The van der Waals surface area contributed by atoms with Crippen LogP contribution in [0.5, 0.6) is 6.01 Å². The molecule has 0 spiro atoms.